The van der Waals surface area contributed by atoms with Gasteiger partial charge in [0.05, 0.1) is 18.6 Å². The molecule has 2 nitrogen and oxygen atoms in total. The Morgan fingerprint density at radius 1 is 1.47 bits per heavy atom. The first kappa shape index (κ1) is 12.1. The number of aliphatic imine (C=N–C) groups is 1. The average Bonchev–Trinajstić information content (AvgIpc) is 1.95. The maximum Gasteiger partial charge on any atom is 0.255 e. The molecule has 0 aromatic rings. The second kappa shape index (κ2) is 3.86. The summed E-state index contributed by atoms with van der Waals surface area (Å²) in [5, 5.41) is 9.43. The lowest BCUT2D eigenvalue weighted by molar-refractivity contribution is -0.176. The molecule has 0 spiro atoms. The molecule has 15 heavy (non-hydrogen) atoms. The summed E-state index contributed by atoms with van der Waals surface area (Å²) in [6.45, 7) is 2.70. The molecule has 1 rings (SSSR count). The van der Waals surface area contributed by atoms with E-state index in [1.54, 1.807) is 0 Å². The first-order chi connectivity index (χ1) is 6.72. The highest BCUT2D eigenvalue weighted by Gasteiger charge is 2.55. The normalized spacial score (nSPS) is 24.8. The Balaban J connectivity index is 2.60. The second-order valence-corrected chi connectivity index (χ2v) is 3.78. The van der Waals surface area contributed by atoms with Gasteiger partial charge in [0.25, 0.3) is 5.92 Å². The molecule has 1 aliphatic carbocycles. The minimum Gasteiger partial charge on any atom is -0.377 e. The Hall–Kier alpha value is -1.02. The summed E-state index contributed by atoms with van der Waals surface area (Å²) in [5.41, 5.74) is -1.45. The third kappa shape index (κ3) is 3.56. The Bertz CT molecular complexity index is 330. The lowest BCUT2D eigenvalue weighted by Crippen LogP contribution is -2.50. The standard InChI is InChI=1S/C10H12F3NO/c1-7(14-8(2)11)3-4-9(15)5-10(12,13)6-9/h8,15H,5-6H2,1-2H3. The topological polar surface area (TPSA) is 32.6 Å². The summed E-state index contributed by atoms with van der Waals surface area (Å²) in [4.78, 5) is 3.45. The van der Waals surface area contributed by atoms with E-state index in [1.165, 1.54) is 13.8 Å². The van der Waals surface area contributed by atoms with Crippen LogP contribution < -0.4 is 0 Å². The highest BCUT2D eigenvalue weighted by molar-refractivity contribution is 5.98. The number of hydrogen-bond acceptors (Lipinski definition) is 2. The van der Waals surface area contributed by atoms with E-state index in [1.807, 2.05) is 0 Å². The summed E-state index contributed by atoms with van der Waals surface area (Å²) in [5.74, 6) is 1.82. The van der Waals surface area contributed by atoms with Crippen LogP contribution in [0.1, 0.15) is 26.7 Å². The Kier molecular flexibility index (Phi) is 3.10. The van der Waals surface area contributed by atoms with Crippen molar-refractivity contribution in [3.8, 4) is 11.8 Å². The zero-order valence-corrected chi connectivity index (χ0v) is 8.52. The molecule has 84 valence electrons. The molecule has 1 saturated carbocycles. The van der Waals surface area contributed by atoms with E-state index in [9.17, 15) is 18.3 Å². The number of halogens is 3. The van der Waals surface area contributed by atoms with E-state index in [2.05, 4.69) is 16.8 Å². The van der Waals surface area contributed by atoms with E-state index in [-0.39, 0.29) is 5.71 Å². The molecule has 1 atom stereocenters. The van der Waals surface area contributed by atoms with Gasteiger partial charge in [-0.3, -0.25) is 0 Å². The third-order valence-electron chi connectivity index (χ3n) is 1.95. The molecule has 1 N–H and O–H groups in total. The second-order valence-electron chi connectivity index (χ2n) is 3.78. The Morgan fingerprint density at radius 3 is 2.40 bits per heavy atom. The quantitative estimate of drug-likeness (QED) is 0.408. The van der Waals surface area contributed by atoms with Crippen molar-refractivity contribution in [1.29, 1.82) is 0 Å². The van der Waals surface area contributed by atoms with Gasteiger partial charge in [-0.1, -0.05) is 5.92 Å². The monoisotopic (exact) mass is 219 g/mol. The van der Waals surface area contributed by atoms with Crippen molar-refractivity contribution < 1.29 is 18.3 Å². The van der Waals surface area contributed by atoms with Crippen molar-refractivity contribution in [2.45, 2.75) is 44.5 Å². The maximum atomic E-state index is 12.5. The van der Waals surface area contributed by atoms with Gasteiger partial charge < -0.3 is 5.11 Å². The summed E-state index contributed by atoms with van der Waals surface area (Å²) < 4.78 is 37.3. The molecule has 5 heteroatoms. The van der Waals surface area contributed by atoms with Gasteiger partial charge in [0, 0.05) is 0 Å². The van der Waals surface area contributed by atoms with Crippen molar-refractivity contribution in [3.05, 3.63) is 0 Å². The van der Waals surface area contributed by atoms with Crippen LogP contribution in [-0.2, 0) is 0 Å². The van der Waals surface area contributed by atoms with Crippen LogP contribution in [0.3, 0.4) is 0 Å². The van der Waals surface area contributed by atoms with Gasteiger partial charge in [-0.25, -0.2) is 18.2 Å². The molecule has 0 aliphatic heterocycles. The number of alkyl halides is 3. The van der Waals surface area contributed by atoms with Crippen LogP contribution in [0.25, 0.3) is 0 Å². The van der Waals surface area contributed by atoms with Gasteiger partial charge in [0.1, 0.15) is 5.60 Å². The van der Waals surface area contributed by atoms with Crippen LogP contribution >= 0.6 is 0 Å². The van der Waals surface area contributed by atoms with E-state index in [0.717, 1.165) is 0 Å². The zero-order valence-electron chi connectivity index (χ0n) is 8.52. The van der Waals surface area contributed by atoms with Crippen LogP contribution in [0.5, 0.6) is 0 Å². The number of aliphatic hydroxyl groups is 1. The first-order valence-corrected chi connectivity index (χ1v) is 4.54. The number of rotatable bonds is 1. The van der Waals surface area contributed by atoms with Crippen molar-refractivity contribution in [1.82, 2.24) is 0 Å². The fraction of sp³-hybridized carbons (Fsp3) is 0.700. The van der Waals surface area contributed by atoms with Gasteiger partial charge in [0.15, 0.2) is 6.30 Å². The van der Waals surface area contributed by atoms with Gasteiger partial charge in [-0.15, -0.1) is 0 Å². The summed E-state index contributed by atoms with van der Waals surface area (Å²) in [6, 6.07) is 0. The molecule has 0 amide bonds. The molecule has 0 saturated heterocycles. The predicted octanol–water partition coefficient (Wildman–Crippen LogP) is 1.93. The van der Waals surface area contributed by atoms with E-state index in [0.29, 0.717) is 0 Å². The van der Waals surface area contributed by atoms with Gasteiger partial charge in [0.2, 0.25) is 0 Å². The van der Waals surface area contributed by atoms with Gasteiger partial charge >= 0.3 is 0 Å². The highest BCUT2D eigenvalue weighted by Crippen LogP contribution is 2.44. The van der Waals surface area contributed by atoms with Crippen LogP contribution in [0.15, 0.2) is 4.99 Å². The summed E-state index contributed by atoms with van der Waals surface area (Å²) in [7, 11) is 0. The SMILES string of the molecule is CC(C#CC1(O)CC(F)(F)C1)=NC(C)F. The molecule has 0 aromatic heterocycles. The predicted molar refractivity (Wildman–Crippen MR) is 50.6 cm³/mol. The third-order valence-corrected chi connectivity index (χ3v) is 1.95. The van der Waals surface area contributed by atoms with Crippen LogP contribution in [0.4, 0.5) is 13.2 Å². The molecule has 0 radical (unpaired) electrons. The van der Waals surface area contributed by atoms with Crippen LogP contribution in [0.2, 0.25) is 0 Å². The molecule has 1 unspecified atom stereocenters. The number of nitrogens with zero attached hydrogens (tertiary/aromatic N) is 1. The van der Waals surface area contributed by atoms with Crippen molar-refractivity contribution >= 4 is 5.71 Å². The molecule has 0 aromatic carbocycles. The molecule has 1 fully saturated rings. The summed E-state index contributed by atoms with van der Waals surface area (Å²) in [6.07, 6.45) is -2.70. The smallest absolute Gasteiger partial charge is 0.255 e. The highest BCUT2D eigenvalue weighted by atomic mass is 19.3. The lowest BCUT2D eigenvalue weighted by Gasteiger charge is -2.39. The first-order valence-electron chi connectivity index (χ1n) is 4.54. The van der Waals surface area contributed by atoms with E-state index >= 15 is 0 Å². The van der Waals surface area contributed by atoms with Gasteiger partial charge in [-0.05, 0) is 19.8 Å². The van der Waals surface area contributed by atoms with E-state index < -0.39 is 30.7 Å². The van der Waals surface area contributed by atoms with E-state index in [4.69, 9.17) is 0 Å². The summed E-state index contributed by atoms with van der Waals surface area (Å²) >= 11 is 0. The molecular formula is C10H12F3NO. The number of hydrogen-bond donors (Lipinski definition) is 1. The molecule has 0 heterocycles. The van der Waals surface area contributed by atoms with Crippen LogP contribution in [0, 0.1) is 11.8 Å². The fourth-order valence-electron chi connectivity index (χ4n) is 1.40. The fourth-order valence-corrected chi connectivity index (χ4v) is 1.40. The van der Waals surface area contributed by atoms with Gasteiger partial charge in [-0.2, -0.15) is 0 Å². The van der Waals surface area contributed by atoms with Crippen LogP contribution in [-0.4, -0.2) is 28.6 Å². The maximum absolute atomic E-state index is 12.5. The molecule has 1 aliphatic rings. The average molecular weight is 219 g/mol. The molecule has 0 bridgehead atoms. The Morgan fingerprint density at radius 2 is 2.00 bits per heavy atom. The Labute approximate surface area is 86.2 Å². The minimum absolute atomic E-state index is 0.189. The largest absolute Gasteiger partial charge is 0.377 e. The van der Waals surface area contributed by atoms with Crippen molar-refractivity contribution in [2.24, 2.45) is 4.99 Å². The van der Waals surface area contributed by atoms with Crippen molar-refractivity contribution in [2.75, 3.05) is 0 Å². The lowest BCUT2D eigenvalue weighted by atomic mass is 9.77. The van der Waals surface area contributed by atoms with Crippen molar-refractivity contribution in [3.63, 3.8) is 0 Å². The molecular weight excluding hydrogens is 207 g/mol. The minimum atomic E-state index is -2.83. The zero-order chi connectivity index (χ0) is 11.7.